The predicted molar refractivity (Wildman–Crippen MR) is 51.0 cm³/mol. The zero-order valence-corrected chi connectivity index (χ0v) is 9.32. The Kier molecular flexibility index (Phi) is 9.23. The summed E-state index contributed by atoms with van der Waals surface area (Å²) in [5, 5.41) is 0. The average molecular weight is 208 g/mol. The molecule has 5 heteroatoms. The molecule has 0 aliphatic heterocycles. The lowest BCUT2D eigenvalue weighted by Crippen LogP contribution is -2.26. The van der Waals surface area contributed by atoms with E-state index in [0.717, 1.165) is 0 Å². The molecule has 0 aromatic rings. The highest BCUT2D eigenvalue weighted by Gasteiger charge is 2.15. The van der Waals surface area contributed by atoms with Crippen LogP contribution in [0.5, 0.6) is 0 Å². The van der Waals surface area contributed by atoms with Crippen molar-refractivity contribution in [2.45, 2.75) is 19.0 Å². The van der Waals surface area contributed by atoms with Crippen molar-refractivity contribution in [2.75, 3.05) is 41.7 Å². The van der Waals surface area contributed by atoms with E-state index in [1.165, 1.54) is 0 Å². The number of hydrogen-bond acceptors (Lipinski definition) is 5. The molecule has 0 amide bonds. The third-order valence-electron chi connectivity index (χ3n) is 1.76. The van der Waals surface area contributed by atoms with Gasteiger partial charge in [0, 0.05) is 34.9 Å². The summed E-state index contributed by atoms with van der Waals surface area (Å²) >= 11 is 0. The molecule has 0 saturated carbocycles. The van der Waals surface area contributed by atoms with Gasteiger partial charge in [-0.15, -0.1) is 0 Å². The molecule has 0 rings (SSSR count). The molecule has 0 fully saturated rings. The summed E-state index contributed by atoms with van der Waals surface area (Å²) in [6, 6.07) is 0. The molecule has 0 aromatic heterocycles. The summed E-state index contributed by atoms with van der Waals surface area (Å²) in [5.74, 6) is 0. The van der Waals surface area contributed by atoms with Crippen molar-refractivity contribution in [3.8, 4) is 0 Å². The van der Waals surface area contributed by atoms with E-state index in [1.807, 2.05) is 0 Å². The third-order valence-corrected chi connectivity index (χ3v) is 1.76. The van der Waals surface area contributed by atoms with E-state index >= 15 is 0 Å². The maximum Gasteiger partial charge on any atom is 0.162 e. The standard InChI is InChI=1S/C9H20O5/c1-10-5-6-14-9(13-4)7-8(11-2)12-3/h8-9H,5-7H2,1-4H3. The Morgan fingerprint density at radius 1 is 0.786 bits per heavy atom. The Morgan fingerprint density at radius 3 is 1.79 bits per heavy atom. The van der Waals surface area contributed by atoms with E-state index in [2.05, 4.69) is 0 Å². The van der Waals surface area contributed by atoms with E-state index in [4.69, 9.17) is 23.7 Å². The van der Waals surface area contributed by atoms with Crippen LogP contribution >= 0.6 is 0 Å². The highest BCUT2D eigenvalue weighted by atomic mass is 16.7. The van der Waals surface area contributed by atoms with E-state index in [0.29, 0.717) is 19.6 Å². The molecule has 1 atom stereocenters. The average Bonchev–Trinajstić information content (AvgIpc) is 2.23. The van der Waals surface area contributed by atoms with Crippen molar-refractivity contribution in [3.05, 3.63) is 0 Å². The fraction of sp³-hybridized carbons (Fsp3) is 1.00. The summed E-state index contributed by atoms with van der Waals surface area (Å²) in [5.41, 5.74) is 0. The molecule has 0 heterocycles. The molecule has 14 heavy (non-hydrogen) atoms. The topological polar surface area (TPSA) is 46.2 Å². The molecule has 0 aromatic carbocycles. The van der Waals surface area contributed by atoms with Crippen molar-refractivity contribution in [2.24, 2.45) is 0 Å². The second-order valence-corrected chi connectivity index (χ2v) is 2.67. The van der Waals surface area contributed by atoms with Gasteiger partial charge in [0.2, 0.25) is 0 Å². The molecular formula is C9H20O5. The third kappa shape index (κ3) is 6.28. The zero-order valence-electron chi connectivity index (χ0n) is 9.32. The summed E-state index contributed by atoms with van der Waals surface area (Å²) < 4.78 is 25.4. The van der Waals surface area contributed by atoms with Crippen LogP contribution in [0.2, 0.25) is 0 Å². The van der Waals surface area contributed by atoms with Crippen molar-refractivity contribution < 1.29 is 23.7 Å². The van der Waals surface area contributed by atoms with Gasteiger partial charge in [-0.2, -0.15) is 0 Å². The highest BCUT2D eigenvalue weighted by Crippen LogP contribution is 2.07. The van der Waals surface area contributed by atoms with E-state index in [1.54, 1.807) is 28.4 Å². The van der Waals surface area contributed by atoms with Crippen LogP contribution in [-0.2, 0) is 23.7 Å². The van der Waals surface area contributed by atoms with Crippen LogP contribution in [0.15, 0.2) is 0 Å². The number of hydrogen-bond donors (Lipinski definition) is 0. The maximum absolute atomic E-state index is 5.36. The Hall–Kier alpha value is -0.200. The molecule has 0 saturated heterocycles. The predicted octanol–water partition coefficient (Wildman–Crippen LogP) is 0.631. The van der Waals surface area contributed by atoms with E-state index in [9.17, 15) is 0 Å². The summed E-state index contributed by atoms with van der Waals surface area (Å²) in [6.45, 7) is 1.04. The van der Waals surface area contributed by atoms with Gasteiger partial charge >= 0.3 is 0 Å². The van der Waals surface area contributed by atoms with Crippen molar-refractivity contribution >= 4 is 0 Å². The zero-order chi connectivity index (χ0) is 10.8. The molecule has 0 spiro atoms. The first kappa shape index (κ1) is 13.8. The van der Waals surface area contributed by atoms with Crippen LogP contribution in [0.1, 0.15) is 6.42 Å². The number of rotatable bonds is 9. The van der Waals surface area contributed by atoms with Crippen molar-refractivity contribution in [3.63, 3.8) is 0 Å². The lowest BCUT2D eigenvalue weighted by atomic mass is 10.4. The van der Waals surface area contributed by atoms with E-state index in [-0.39, 0.29) is 12.6 Å². The van der Waals surface area contributed by atoms with Crippen molar-refractivity contribution in [1.29, 1.82) is 0 Å². The molecule has 0 N–H and O–H groups in total. The second-order valence-electron chi connectivity index (χ2n) is 2.67. The fourth-order valence-corrected chi connectivity index (χ4v) is 0.941. The summed E-state index contributed by atoms with van der Waals surface area (Å²) in [7, 11) is 6.37. The first-order valence-corrected chi connectivity index (χ1v) is 4.47. The minimum atomic E-state index is -0.324. The normalized spacial score (nSPS) is 13.5. The largest absolute Gasteiger partial charge is 0.382 e. The van der Waals surface area contributed by atoms with Crippen LogP contribution < -0.4 is 0 Å². The van der Waals surface area contributed by atoms with Gasteiger partial charge < -0.3 is 23.7 Å². The molecule has 0 bridgehead atoms. The first-order chi connectivity index (χ1) is 6.78. The number of ether oxygens (including phenoxy) is 5. The smallest absolute Gasteiger partial charge is 0.162 e. The molecular weight excluding hydrogens is 188 g/mol. The lowest BCUT2D eigenvalue weighted by Gasteiger charge is -2.20. The highest BCUT2D eigenvalue weighted by molar-refractivity contribution is 4.49. The van der Waals surface area contributed by atoms with Gasteiger partial charge in [0.1, 0.15) is 0 Å². The molecule has 86 valence electrons. The van der Waals surface area contributed by atoms with Crippen molar-refractivity contribution in [1.82, 2.24) is 0 Å². The minimum Gasteiger partial charge on any atom is -0.382 e. The van der Waals surface area contributed by atoms with Crippen LogP contribution in [0, 0.1) is 0 Å². The molecule has 0 radical (unpaired) electrons. The molecule has 0 aliphatic rings. The van der Waals surface area contributed by atoms with Gasteiger partial charge in [-0.05, 0) is 0 Å². The molecule has 1 unspecified atom stereocenters. The van der Waals surface area contributed by atoms with Crippen LogP contribution in [0.4, 0.5) is 0 Å². The van der Waals surface area contributed by atoms with Gasteiger partial charge in [-0.1, -0.05) is 0 Å². The Labute approximate surface area is 85.2 Å². The SMILES string of the molecule is COCCOC(CC(OC)OC)OC. The number of methoxy groups -OCH3 is 4. The van der Waals surface area contributed by atoms with Gasteiger partial charge in [0.25, 0.3) is 0 Å². The first-order valence-electron chi connectivity index (χ1n) is 4.47. The van der Waals surface area contributed by atoms with E-state index < -0.39 is 0 Å². The minimum absolute atomic E-state index is 0.303. The van der Waals surface area contributed by atoms with Crippen LogP contribution in [0.25, 0.3) is 0 Å². The summed E-state index contributed by atoms with van der Waals surface area (Å²) in [6.07, 6.45) is -0.0923. The Bertz CT molecular complexity index is 116. The second kappa shape index (κ2) is 9.36. The lowest BCUT2D eigenvalue weighted by molar-refractivity contribution is -0.191. The van der Waals surface area contributed by atoms with Gasteiger partial charge in [-0.25, -0.2) is 0 Å². The fourth-order valence-electron chi connectivity index (χ4n) is 0.941. The Morgan fingerprint density at radius 2 is 1.36 bits per heavy atom. The Balaban J connectivity index is 3.65. The van der Waals surface area contributed by atoms with Crippen LogP contribution in [0.3, 0.4) is 0 Å². The molecule has 0 aliphatic carbocycles. The van der Waals surface area contributed by atoms with Crippen LogP contribution in [-0.4, -0.2) is 54.2 Å². The van der Waals surface area contributed by atoms with Gasteiger partial charge in [0.05, 0.1) is 13.2 Å². The van der Waals surface area contributed by atoms with Gasteiger partial charge in [-0.3, -0.25) is 0 Å². The monoisotopic (exact) mass is 208 g/mol. The van der Waals surface area contributed by atoms with Gasteiger partial charge in [0.15, 0.2) is 12.6 Å². The maximum atomic E-state index is 5.36. The summed E-state index contributed by atoms with van der Waals surface area (Å²) in [4.78, 5) is 0. The quantitative estimate of drug-likeness (QED) is 0.411. The molecule has 5 nitrogen and oxygen atoms in total.